The van der Waals surface area contributed by atoms with E-state index in [1.807, 2.05) is 0 Å². The van der Waals surface area contributed by atoms with Crippen LogP contribution in [0.5, 0.6) is 0 Å². The Morgan fingerprint density at radius 1 is 1.28 bits per heavy atom. The monoisotopic (exact) mass is 282 g/mol. The Labute approximate surface area is 117 Å². The molecule has 1 aliphatic carbocycles. The van der Waals surface area contributed by atoms with Crippen molar-refractivity contribution in [2.24, 2.45) is 0 Å². The van der Waals surface area contributed by atoms with Crippen molar-refractivity contribution in [1.82, 2.24) is 10.6 Å². The Bertz CT molecular complexity index is 458. The molecule has 1 amide bonds. The number of carbonyl (C=O) groups is 1. The third-order valence-corrected chi connectivity index (χ3v) is 3.59. The first-order valence-electron chi connectivity index (χ1n) is 6.03. The molecule has 18 heavy (non-hydrogen) atoms. The standard InChI is InChI=1S/C13H15ClN2OS/c14-11-8-4-3-7-10(11)12(17)16-13(18)15-9-5-1-2-6-9/h3-4,7-9H,1-2,5-6H2,(H2,15,16,17,18). The lowest BCUT2D eigenvalue weighted by atomic mass is 10.2. The predicted octanol–water partition coefficient (Wildman–Crippen LogP) is 2.89. The minimum atomic E-state index is -0.268. The van der Waals surface area contributed by atoms with Gasteiger partial charge in [0.25, 0.3) is 5.91 Å². The zero-order valence-electron chi connectivity index (χ0n) is 9.91. The fraction of sp³-hybridized carbons (Fsp3) is 0.385. The zero-order chi connectivity index (χ0) is 13.0. The van der Waals surface area contributed by atoms with Crippen LogP contribution in [-0.2, 0) is 0 Å². The minimum Gasteiger partial charge on any atom is -0.360 e. The molecule has 1 saturated carbocycles. The topological polar surface area (TPSA) is 41.1 Å². The van der Waals surface area contributed by atoms with Gasteiger partial charge in [-0.3, -0.25) is 10.1 Å². The van der Waals surface area contributed by atoms with Gasteiger partial charge < -0.3 is 5.32 Å². The summed E-state index contributed by atoms with van der Waals surface area (Å²) in [7, 11) is 0. The van der Waals surface area contributed by atoms with Crippen molar-refractivity contribution in [1.29, 1.82) is 0 Å². The highest BCUT2D eigenvalue weighted by atomic mass is 35.5. The van der Waals surface area contributed by atoms with Crippen LogP contribution < -0.4 is 10.6 Å². The fourth-order valence-electron chi connectivity index (χ4n) is 2.11. The molecule has 2 rings (SSSR count). The zero-order valence-corrected chi connectivity index (χ0v) is 11.5. The predicted molar refractivity (Wildman–Crippen MR) is 76.9 cm³/mol. The van der Waals surface area contributed by atoms with E-state index in [1.54, 1.807) is 24.3 Å². The number of carbonyl (C=O) groups excluding carboxylic acids is 1. The van der Waals surface area contributed by atoms with Gasteiger partial charge in [-0.15, -0.1) is 0 Å². The van der Waals surface area contributed by atoms with E-state index in [0.29, 0.717) is 21.7 Å². The molecule has 0 radical (unpaired) electrons. The first-order chi connectivity index (χ1) is 8.66. The Morgan fingerprint density at radius 3 is 2.61 bits per heavy atom. The number of amides is 1. The molecule has 1 aromatic carbocycles. The van der Waals surface area contributed by atoms with Crippen LogP contribution in [0.3, 0.4) is 0 Å². The van der Waals surface area contributed by atoms with Gasteiger partial charge in [0.2, 0.25) is 0 Å². The van der Waals surface area contributed by atoms with E-state index < -0.39 is 0 Å². The molecule has 1 fully saturated rings. The summed E-state index contributed by atoms with van der Waals surface area (Å²) in [5.74, 6) is -0.268. The summed E-state index contributed by atoms with van der Waals surface area (Å²) in [6, 6.07) is 7.31. The van der Waals surface area contributed by atoms with E-state index in [0.717, 1.165) is 12.8 Å². The second kappa shape index (κ2) is 6.16. The number of benzene rings is 1. The van der Waals surface area contributed by atoms with Gasteiger partial charge in [0.1, 0.15) is 0 Å². The number of nitrogens with one attached hydrogen (secondary N) is 2. The molecule has 1 aromatic rings. The summed E-state index contributed by atoms with van der Waals surface area (Å²) in [5, 5.41) is 6.63. The number of hydrogen-bond donors (Lipinski definition) is 2. The second-order valence-corrected chi connectivity index (χ2v) is 5.20. The normalized spacial score (nSPS) is 15.4. The molecule has 0 spiro atoms. The van der Waals surface area contributed by atoms with Gasteiger partial charge >= 0.3 is 0 Å². The van der Waals surface area contributed by atoms with E-state index in [4.69, 9.17) is 23.8 Å². The van der Waals surface area contributed by atoms with Crippen LogP contribution in [0.25, 0.3) is 0 Å². The molecular weight excluding hydrogens is 268 g/mol. The van der Waals surface area contributed by atoms with Gasteiger partial charge in [0, 0.05) is 6.04 Å². The Morgan fingerprint density at radius 2 is 1.94 bits per heavy atom. The maximum Gasteiger partial charge on any atom is 0.258 e. The first-order valence-corrected chi connectivity index (χ1v) is 6.82. The Kier molecular flexibility index (Phi) is 4.55. The van der Waals surface area contributed by atoms with E-state index in [1.165, 1.54) is 12.8 Å². The van der Waals surface area contributed by atoms with Crippen molar-refractivity contribution in [3.63, 3.8) is 0 Å². The number of rotatable bonds is 2. The summed E-state index contributed by atoms with van der Waals surface area (Å²) in [6.07, 6.45) is 4.67. The minimum absolute atomic E-state index is 0.268. The Balaban J connectivity index is 1.91. The van der Waals surface area contributed by atoms with Crippen LogP contribution in [0, 0.1) is 0 Å². The molecule has 0 atom stereocenters. The van der Waals surface area contributed by atoms with E-state index in [9.17, 15) is 4.79 Å². The highest BCUT2D eigenvalue weighted by Crippen LogP contribution is 2.17. The fourth-order valence-corrected chi connectivity index (χ4v) is 2.59. The van der Waals surface area contributed by atoms with Crippen molar-refractivity contribution in [2.75, 3.05) is 0 Å². The van der Waals surface area contributed by atoms with Crippen LogP contribution in [-0.4, -0.2) is 17.1 Å². The van der Waals surface area contributed by atoms with Crippen molar-refractivity contribution >= 4 is 34.8 Å². The first kappa shape index (κ1) is 13.3. The number of halogens is 1. The van der Waals surface area contributed by atoms with Crippen LogP contribution in [0.15, 0.2) is 24.3 Å². The average Bonchev–Trinajstić information content (AvgIpc) is 2.82. The maximum atomic E-state index is 11.9. The van der Waals surface area contributed by atoms with Gasteiger partial charge in [0.15, 0.2) is 5.11 Å². The van der Waals surface area contributed by atoms with E-state index in [-0.39, 0.29) is 5.91 Å². The van der Waals surface area contributed by atoms with Gasteiger partial charge in [-0.1, -0.05) is 36.6 Å². The SMILES string of the molecule is O=C(NC(=S)NC1CCCC1)c1ccccc1Cl. The molecule has 1 aliphatic rings. The van der Waals surface area contributed by atoms with Crippen molar-refractivity contribution in [2.45, 2.75) is 31.7 Å². The van der Waals surface area contributed by atoms with Crippen LogP contribution in [0.1, 0.15) is 36.0 Å². The molecule has 96 valence electrons. The van der Waals surface area contributed by atoms with Crippen molar-refractivity contribution < 1.29 is 4.79 Å². The smallest absolute Gasteiger partial charge is 0.258 e. The lowest BCUT2D eigenvalue weighted by molar-refractivity contribution is 0.0976. The highest BCUT2D eigenvalue weighted by Gasteiger charge is 2.17. The van der Waals surface area contributed by atoms with Crippen LogP contribution >= 0.6 is 23.8 Å². The quantitative estimate of drug-likeness (QED) is 0.820. The second-order valence-electron chi connectivity index (χ2n) is 4.39. The summed E-state index contributed by atoms with van der Waals surface area (Å²) in [5.41, 5.74) is 0.440. The van der Waals surface area contributed by atoms with Gasteiger partial charge in [0.05, 0.1) is 10.6 Å². The maximum absolute atomic E-state index is 11.9. The molecule has 2 N–H and O–H groups in total. The van der Waals surface area contributed by atoms with Crippen molar-refractivity contribution in [3.8, 4) is 0 Å². The molecule has 0 heterocycles. The summed E-state index contributed by atoms with van der Waals surface area (Å²) >= 11 is 11.1. The lowest BCUT2D eigenvalue weighted by Gasteiger charge is -2.15. The van der Waals surface area contributed by atoms with Crippen LogP contribution in [0.4, 0.5) is 0 Å². The highest BCUT2D eigenvalue weighted by molar-refractivity contribution is 7.80. The molecule has 0 unspecified atom stereocenters. The average molecular weight is 283 g/mol. The van der Waals surface area contributed by atoms with Gasteiger partial charge in [-0.25, -0.2) is 0 Å². The molecule has 0 bridgehead atoms. The van der Waals surface area contributed by atoms with Gasteiger partial charge in [-0.05, 0) is 37.2 Å². The van der Waals surface area contributed by atoms with Crippen LogP contribution in [0.2, 0.25) is 5.02 Å². The lowest BCUT2D eigenvalue weighted by Crippen LogP contribution is -2.43. The molecule has 3 nitrogen and oxygen atoms in total. The summed E-state index contributed by atoms with van der Waals surface area (Å²) in [4.78, 5) is 11.9. The molecular formula is C13H15ClN2OS. The van der Waals surface area contributed by atoms with E-state index in [2.05, 4.69) is 10.6 Å². The molecule has 0 aromatic heterocycles. The van der Waals surface area contributed by atoms with Gasteiger partial charge in [-0.2, -0.15) is 0 Å². The molecule has 5 heteroatoms. The third-order valence-electron chi connectivity index (χ3n) is 3.04. The molecule has 0 saturated heterocycles. The number of hydrogen-bond acceptors (Lipinski definition) is 2. The third kappa shape index (κ3) is 3.43. The van der Waals surface area contributed by atoms with E-state index >= 15 is 0 Å². The van der Waals surface area contributed by atoms with Crippen molar-refractivity contribution in [3.05, 3.63) is 34.9 Å². The summed E-state index contributed by atoms with van der Waals surface area (Å²) < 4.78 is 0. The number of thiocarbonyl (C=S) groups is 1. The molecule has 0 aliphatic heterocycles. The largest absolute Gasteiger partial charge is 0.360 e. The Hall–Kier alpha value is -1.13. The summed E-state index contributed by atoms with van der Waals surface area (Å²) in [6.45, 7) is 0.